The van der Waals surface area contributed by atoms with Crippen molar-refractivity contribution in [3.05, 3.63) is 34.2 Å². The van der Waals surface area contributed by atoms with E-state index in [0.717, 1.165) is 15.8 Å². The molecule has 0 aromatic carbocycles. The monoisotopic (exact) mass is 224 g/mol. The molecule has 0 radical (unpaired) electrons. The van der Waals surface area contributed by atoms with Gasteiger partial charge in [0.2, 0.25) is 0 Å². The van der Waals surface area contributed by atoms with Gasteiger partial charge < -0.3 is 9.84 Å². The molecule has 1 aromatic heterocycles. The first kappa shape index (κ1) is 11.2. The van der Waals surface area contributed by atoms with Crippen molar-refractivity contribution in [2.24, 2.45) is 0 Å². The van der Waals surface area contributed by atoms with Crippen LogP contribution in [0.15, 0.2) is 24.5 Å². The molecule has 0 aliphatic heterocycles. The molecular formula is C10H8O4S. The fraction of sp³-hybridized carbons (Fsp3) is 0. The third kappa shape index (κ3) is 4.24. The number of carbonyl (C=O) groups excluding carboxylic acids is 1. The minimum absolute atomic E-state index is 0.329. The van der Waals surface area contributed by atoms with Crippen molar-refractivity contribution in [2.75, 3.05) is 0 Å². The molecule has 4 nitrogen and oxygen atoms in total. The molecule has 0 aliphatic rings. The second kappa shape index (κ2) is 5.77. The SMILES string of the molecule is O=CO/C=C/c1ccc(/C=C/C(=O)O)s1. The van der Waals surface area contributed by atoms with Crippen LogP contribution in [-0.4, -0.2) is 17.5 Å². The van der Waals surface area contributed by atoms with Gasteiger partial charge >= 0.3 is 5.97 Å². The van der Waals surface area contributed by atoms with Crippen LogP contribution in [0.4, 0.5) is 0 Å². The summed E-state index contributed by atoms with van der Waals surface area (Å²) in [7, 11) is 0. The summed E-state index contributed by atoms with van der Waals surface area (Å²) in [4.78, 5) is 21.8. The third-order valence-electron chi connectivity index (χ3n) is 1.40. The van der Waals surface area contributed by atoms with Crippen molar-refractivity contribution in [1.82, 2.24) is 0 Å². The van der Waals surface area contributed by atoms with E-state index in [-0.39, 0.29) is 0 Å². The van der Waals surface area contributed by atoms with E-state index in [1.165, 1.54) is 23.7 Å². The summed E-state index contributed by atoms with van der Waals surface area (Å²) in [6, 6.07) is 3.58. The average Bonchev–Trinajstić information content (AvgIpc) is 2.63. The van der Waals surface area contributed by atoms with Gasteiger partial charge in [0.15, 0.2) is 0 Å². The highest BCUT2D eigenvalue weighted by Crippen LogP contribution is 2.19. The molecule has 0 unspecified atom stereocenters. The van der Waals surface area contributed by atoms with Crippen LogP contribution in [0, 0.1) is 0 Å². The van der Waals surface area contributed by atoms with Gasteiger partial charge in [-0.25, -0.2) is 4.79 Å². The van der Waals surface area contributed by atoms with E-state index in [4.69, 9.17) is 5.11 Å². The summed E-state index contributed by atoms with van der Waals surface area (Å²) < 4.78 is 4.38. The largest absolute Gasteiger partial charge is 0.478 e. The number of thiophene rings is 1. The number of carboxylic acids is 1. The first-order valence-corrected chi connectivity index (χ1v) is 4.80. The number of rotatable bonds is 5. The zero-order valence-corrected chi connectivity index (χ0v) is 8.44. The number of ether oxygens (including phenoxy) is 1. The van der Waals surface area contributed by atoms with Crippen LogP contribution >= 0.6 is 11.3 Å². The van der Waals surface area contributed by atoms with Crippen LogP contribution in [0.3, 0.4) is 0 Å². The molecule has 0 aliphatic carbocycles. The summed E-state index contributed by atoms with van der Waals surface area (Å²) in [5, 5.41) is 8.40. The molecule has 1 rings (SSSR count). The molecule has 0 amide bonds. The Hall–Kier alpha value is -1.88. The lowest BCUT2D eigenvalue weighted by atomic mass is 10.4. The highest BCUT2D eigenvalue weighted by molar-refractivity contribution is 7.13. The molecule has 5 heteroatoms. The number of carbonyl (C=O) groups is 2. The summed E-state index contributed by atoms with van der Waals surface area (Å²) in [6.07, 6.45) is 5.47. The Balaban J connectivity index is 2.63. The molecule has 1 heterocycles. The van der Waals surface area contributed by atoms with Crippen LogP contribution in [0.5, 0.6) is 0 Å². The summed E-state index contributed by atoms with van der Waals surface area (Å²) >= 11 is 1.39. The maximum Gasteiger partial charge on any atom is 0.328 e. The van der Waals surface area contributed by atoms with E-state index in [9.17, 15) is 9.59 Å². The molecule has 15 heavy (non-hydrogen) atoms. The van der Waals surface area contributed by atoms with Gasteiger partial charge in [0, 0.05) is 15.8 Å². The van der Waals surface area contributed by atoms with Crippen molar-refractivity contribution >= 4 is 35.9 Å². The highest BCUT2D eigenvalue weighted by atomic mass is 32.1. The van der Waals surface area contributed by atoms with Gasteiger partial charge in [0.1, 0.15) is 0 Å². The van der Waals surface area contributed by atoms with E-state index >= 15 is 0 Å². The summed E-state index contributed by atoms with van der Waals surface area (Å²) in [5.41, 5.74) is 0. The van der Waals surface area contributed by atoms with E-state index < -0.39 is 5.97 Å². The Bertz CT molecular complexity index is 403. The Labute approximate surface area is 90.1 Å². The van der Waals surface area contributed by atoms with Crippen LogP contribution in [0.25, 0.3) is 12.2 Å². The first-order valence-electron chi connectivity index (χ1n) is 3.99. The molecule has 0 fully saturated rings. The topological polar surface area (TPSA) is 63.6 Å². The lowest BCUT2D eigenvalue weighted by molar-refractivity contribution is -0.131. The second-order valence-electron chi connectivity index (χ2n) is 2.45. The minimum Gasteiger partial charge on any atom is -0.478 e. The van der Waals surface area contributed by atoms with E-state index in [2.05, 4.69) is 4.74 Å². The van der Waals surface area contributed by atoms with Crippen molar-refractivity contribution < 1.29 is 19.4 Å². The van der Waals surface area contributed by atoms with Gasteiger partial charge in [-0.2, -0.15) is 0 Å². The molecule has 0 bridgehead atoms. The number of aliphatic carboxylic acids is 1. The zero-order chi connectivity index (χ0) is 11.1. The molecule has 0 spiro atoms. The Morgan fingerprint density at radius 1 is 1.33 bits per heavy atom. The standard InChI is InChI=1S/C10H8O4S/c11-7-14-6-5-9-2-1-8(15-9)3-4-10(12)13/h1-7H,(H,12,13)/b4-3+,6-5+. The average molecular weight is 224 g/mol. The van der Waals surface area contributed by atoms with Crippen LogP contribution in [-0.2, 0) is 14.3 Å². The van der Waals surface area contributed by atoms with Crippen molar-refractivity contribution in [1.29, 1.82) is 0 Å². The van der Waals surface area contributed by atoms with Gasteiger partial charge in [0.25, 0.3) is 6.47 Å². The maximum absolute atomic E-state index is 10.2. The number of hydrogen-bond acceptors (Lipinski definition) is 4. The highest BCUT2D eigenvalue weighted by Gasteiger charge is 1.94. The van der Waals surface area contributed by atoms with Gasteiger partial charge in [-0.05, 0) is 24.3 Å². The second-order valence-corrected chi connectivity index (χ2v) is 3.59. The summed E-state index contributed by atoms with van der Waals surface area (Å²) in [6.45, 7) is 0.329. The minimum atomic E-state index is -0.982. The van der Waals surface area contributed by atoms with Gasteiger partial charge in [-0.1, -0.05) is 0 Å². The molecule has 78 valence electrons. The van der Waals surface area contributed by atoms with Gasteiger partial charge in [0.05, 0.1) is 6.26 Å². The van der Waals surface area contributed by atoms with Gasteiger partial charge in [-0.3, -0.25) is 4.79 Å². The van der Waals surface area contributed by atoms with Crippen molar-refractivity contribution in [2.45, 2.75) is 0 Å². The number of hydrogen-bond donors (Lipinski definition) is 1. The molecule has 0 atom stereocenters. The number of carboxylic acid groups (broad SMARTS) is 1. The Morgan fingerprint density at radius 2 is 2.00 bits per heavy atom. The quantitative estimate of drug-likeness (QED) is 0.472. The first-order chi connectivity index (χ1) is 7.22. The van der Waals surface area contributed by atoms with Crippen molar-refractivity contribution in [3.63, 3.8) is 0 Å². The van der Waals surface area contributed by atoms with Crippen LogP contribution in [0.2, 0.25) is 0 Å². The van der Waals surface area contributed by atoms with Gasteiger partial charge in [-0.15, -0.1) is 11.3 Å². The maximum atomic E-state index is 10.2. The smallest absolute Gasteiger partial charge is 0.328 e. The van der Waals surface area contributed by atoms with E-state index in [0.29, 0.717) is 6.47 Å². The van der Waals surface area contributed by atoms with Crippen LogP contribution < -0.4 is 0 Å². The lowest BCUT2D eigenvalue weighted by Crippen LogP contribution is -1.84. The Kier molecular flexibility index (Phi) is 4.30. The molecule has 1 N–H and O–H groups in total. The molecule has 1 aromatic rings. The lowest BCUT2D eigenvalue weighted by Gasteiger charge is -1.83. The molecule has 0 saturated carbocycles. The summed E-state index contributed by atoms with van der Waals surface area (Å²) in [5.74, 6) is -0.982. The molecule has 0 saturated heterocycles. The van der Waals surface area contributed by atoms with Crippen LogP contribution in [0.1, 0.15) is 9.75 Å². The Morgan fingerprint density at radius 3 is 2.60 bits per heavy atom. The fourth-order valence-corrected chi connectivity index (χ4v) is 1.64. The van der Waals surface area contributed by atoms with Crippen molar-refractivity contribution in [3.8, 4) is 0 Å². The molecular weight excluding hydrogens is 216 g/mol. The predicted octanol–water partition coefficient (Wildman–Crippen LogP) is 1.99. The fourth-order valence-electron chi connectivity index (χ4n) is 0.839. The van der Waals surface area contributed by atoms with E-state index in [1.807, 2.05) is 0 Å². The zero-order valence-electron chi connectivity index (χ0n) is 7.62. The van der Waals surface area contributed by atoms with E-state index in [1.54, 1.807) is 18.2 Å². The predicted molar refractivity (Wildman–Crippen MR) is 57.2 cm³/mol. The third-order valence-corrected chi connectivity index (χ3v) is 2.42. The normalized spacial score (nSPS) is 10.9.